The molecule has 2 N–H and O–H groups in total. The fraction of sp³-hybridized carbons (Fsp3) is 0.581. The summed E-state index contributed by atoms with van der Waals surface area (Å²) < 4.78 is 4.98. The first-order valence-corrected chi connectivity index (χ1v) is 15.2. The average Bonchev–Trinajstić information content (AvgIpc) is 3.38. The number of hydrogen-bond acceptors (Lipinski definition) is 5. The monoisotopic (exact) mass is 589 g/mol. The van der Waals surface area contributed by atoms with Crippen LogP contribution in [0.5, 0.6) is 0 Å². The summed E-state index contributed by atoms with van der Waals surface area (Å²) >= 11 is 1.39. The quantitative estimate of drug-likeness (QED) is 0.453. The maximum Gasteiger partial charge on any atom is 0.328 e. The van der Waals surface area contributed by atoms with Crippen molar-refractivity contribution in [3.63, 3.8) is 0 Å². The molecule has 220 valence electrons. The molecule has 2 fully saturated rings. The second-order valence-electron chi connectivity index (χ2n) is 11.8. The Balaban J connectivity index is 0.00000441. The van der Waals surface area contributed by atoms with E-state index in [-0.39, 0.29) is 42.1 Å². The normalized spacial score (nSPS) is 23.6. The molecule has 2 aromatic rings. The summed E-state index contributed by atoms with van der Waals surface area (Å²) in [6.07, 6.45) is 5.70. The number of methoxy groups -OCH3 is 1. The van der Waals surface area contributed by atoms with Crippen LogP contribution in [-0.4, -0.2) is 57.1 Å². The zero-order valence-corrected chi connectivity index (χ0v) is 25.9. The van der Waals surface area contributed by atoms with Gasteiger partial charge in [-0.15, -0.1) is 11.3 Å². The molecule has 40 heavy (non-hydrogen) atoms. The predicted octanol–water partition coefficient (Wildman–Crippen LogP) is 1.18. The third-order valence-corrected chi connectivity index (χ3v) is 9.59. The minimum absolute atomic E-state index is 0. The second-order valence-corrected chi connectivity index (χ2v) is 12.8. The molecule has 1 aliphatic heterocycles. The minimum Gasteiger partial charge on any atom is -1.00 e. The largest absolute Gasteiger partial charge is 1.00 e. The van der Waals surface area contributed by atoms with E-state index in [0.717, 1.165) is 62.1 Å². The molecule has 2 amide bonds. The number of quaternary nitrogens is 1. The standard InChI is InChI=1S/C31H43N3O4S.ClH/c1-20(2)27(31(37)38-5)32-29(35)28-25(19-26(39-28)22-9-7-6-8-10-22)34(24-15-17-33(4)18-16-24)30(36)23-13-11-21(3)12-14-23;/h6-10,19-21,23-24,27H,11-18H2,1-5H3,(H,32,35);1H. The lowest BCUT2D eigenvalue weighted by Gasteiger charge is -2.39. The van der Waals surface area contributed by atoms with Gasteiger partial charge < -0.3 is 32.3 Å². The molecule has 0 radical (unpaired) electrons. The van der Waals surface area contributed by atoms with Crippen LogP contribution in [0.15, 0.2) is 36.4 Å². The van der Waals surface area contributed by atoms with E-state index >= 15 is 0 Å². The number of carbonyl (C=O) groups excluding carboxylic acids is 3. The first kappa shape index (κ1) is 32.1. The van der Waals surface area contributed by atoms with Gasteiger partial charge in [-0.3, -0.25) is 9.59 Å². The Labute approximate surface area is 249 Å². The molecule has 0 bridgehead atoms. The van der Waals surface area contributed by atoms with Gasteiger partial charge in [0, 0.05) is 29.7 Å². The van der Waals surface area contributed by atoms with Crippen molar-refractivity contribution >= 4 is 34.8 Å². The summed E-state index contributed by atoms with van der Waals surface area (Å²) in [5, 5.41) is 2.93. The molecule has 1 unspecified atom stereocenters. The third kappa shape index (κ3) is 7.45. The van der Waals surface area contributed by atoms with Gasteiger partial charge >= 0.3 is 5.97 Å². The number of amides is 2. The van der Waals surface area contributed by atoms with Crippen LogP contribution in [0.1, 0.15) is 69.0 Å². The molecular formula is C31H44ClN3O4S. The second kappa shape index (κ2) is 14.5. The first-order chi connectivity index (χ1) is 18.7. The fourth-order valence-corrected chi connectivity index (χ4v) is 6.91. The van der Waals surface area contributed by atoms with Crippen molar-refractivity contribution in [2.24, 2.45) is 17.8 Å². The number of nitrogens with one attached hydrogen (secondary N) is 2. The Morgan fingerprint density at radius 3 is 2.23 bits per heavy atom. The van der Waals surface area contributed by atoms with Gasteiger partial charge in [0.2, 0.25) is 5.91 Å². The molecule has 4 rings (SSSR count). The van der Waals surface area contributed by atoms with Crippen molar-refractivity contribution in [3.05, 3.63) is 41.3 Å². The SMILES string of the molecule is COC(=O)C(NC(=O)c1sc(-c2ccccc2)cc1N(C(=O)C1CCC(C)CC1)C1CC[NH+](C)CC1)C(C)C.[Cl-]. The third-order valence-electron chi connectivity index (χ3n) is 8.42. The van der Waals surface area contributed by atoms with Crippen LogP contribution in [0.25, 0.3) is 10.4 Å². The number of ether oxygens (including phenoxy) is 1. The molecule has 7 nitrogen and oxygen atoms in total. The Hall–Kier alpha value is -2.42. The lowest BCUT2D eigenvalue weighted by atomic mass is 9.82. The molecule has 2 heterocycles. The molecule has 9 heteroatoms. The number of nitrogens with zero attached hydrogens (tertiary/aromatic N) is 1. The molecule has 0 spiro atoms. The van der Waals surface area contributed by atoms with Gasteiger partial charge in [0.25, 0.3) is 5.91 Å². The van der Waals surface area contributed by atoms with Crippen LogP contribution in [0.2, 0.25) is 0 Å². The van der Waals surface area contributed by atoms with Gasteiger partial charge in [-0.2, -0.15) is 0 Å². The van der Waals surface area contributed by atoms with Crippen LogP contribution in [0.4, 0.5) is 5.69 Å². The highest BCUT2D eigenvalue weighted by molar-refractivity contribution is 7.18. The van der Waals surface area contributed by atoms with E-state index in [4.69, 9.17) is 4.74 Å². The van der Waals surface area contributed by atoms with Gasteiger partial charge in [0.05, 0.1) is 32.9 Å². The number of piperidine rings is 1. The number of thiophene rings is 1. The summed E-state index contributed by atoms with van der Waals surface area (Å²) in [5.74, 6) is -0.184. The Bertz CT molecular complexity index is 1140. The number of halogens is 1. The fourth-order valence-electron chi connectivity index (χ4n) is 5.85. The molecule has 1 atom stereocenters. The van der Waals surface area contributed by atoms with Crippen molar-refractivity contribution in [1.82, 2.24) is 5.32 Å². The lowest BCUT2D eigenvalue weighted by molar-refractivity contribution is -0.884. The lowest BCUT2D eigenvalue weighted by Crippen LogP contribution is -3.10. The van der Waals surface area contributed by atoms with Crippen molar-refractivity contribution in [2.45, 2.75) is 71.4 Å². The van der Waals surface area contributed by atoms with E-state index in [1.165, 1.54) is 23.3 Å². The number of benzene rings is 1. The molecule has 1 aromatic carbocycles. The number of anilines is 1. The van der Waals surface area contributed by atoms with E-state index in [9.17, 15) is 14.4 Å². The van der Waals surface area contributed by atoms with Crippen molar-refractivity contribution in [3.8, 4) is 10.4 Å². The van der Waals surface area contributed by atoms with Crippen LogP contribution in [0.3, 0.4) is 0 Å². The Morgan fingerprint density at radius 2 is 1.65 bits per heavy atom. The van der Waals surface area contributed by atoms with Gasteiger partial charge in [-0.1, -0.05) is 51.1 Å². The van der Waals surface area contributed by atoms with Crippen LogP contribution in [-0.2, 0) is 14.3 Å². The van der Waals surface area contributed by atoms with Gasteiger partial charge in [-0.05, 0) is 49.1 Å². The summed E-state index contributed by atoms with van der Waals surface area (Å²) in [6, 6.07) is 11.3. The van der Waals surface area contributed by atoms with Crippen molar-refractivity contribution < 1.29 is 36.4 Å². The zero-order chi connectivity index (χ0) is 28.1. The number of esters is 1. The highest BCUT2D eigenvalue weighted by atomic mass is 35.5. The predicted molar refractivity (Wildman–Crippen MR) is 156 cm³/mol. The van der Waals surface area contributed by atoms with E-state index in [1.54, 1.807) is 0 Å². The maximum absolute atomic E-state index is 14.3. The van der Waals surface area contributed by atoms with Gasteiger partial charge in [0.1, 0.15) is 10.9 Å². The maximum atomic E-state index is 14.3. The molecule has 1 aliphatic carbocycles. The van der Waals surface area contributed by atoms with E-state index in [1.807, 2.05) is 55.1 Å². The number of rotatable bonds is 8. The highest BCUT2D eigenvalue weighted by Gasteiger charge is 2.38. The molecule has 2 aliphatic rings. The average molecular weight is 590 g/mol. The summed E-state index contributed by atoms with van der Waals surface area (Å²) in [5.41, 5.74) is 1.68. The van der Waals surface area contributed by atoms with Crippen LogP contribution >= 0.6 is 11.3 Å². The summed E-state index contributed by atoms with van der Waals surface area (Å²) in [4.78, 5) is 45.5. The number of carbonyl (C=O) groups is 3. The first-order valence-electron chi connectivity index (χ1n) is 14.4. The highest BCUT2D eigenvalue weighted by Crippen LogP contribution is 2.40. The van der Waals surface area contributed by atoms with Crippen LogP contribution < -0.4 is 27.5 Å². The van der Waals surface area contributed by atoms with Crippen molar-refractivity contribution in [2.75, 3.05) is 32.1 Å². The summed E-state index contributed by atoms with van der Waals surface area (Å²) in [7, 11) is 3.53. The van der Waals surface area contributed by atoms with Gasteiger partial charge in [-0.25, -0.2) is 4.79 Å². The number of likely N-dealkylation sites (tertiary alicyclic amines) is 1. The Kier molecular flexibility index (Phi) is 11.6. The van der Waals surface area contributed by atoms with E-state index in [2.05, 4.69) is 19.3 Å². The smallest absolute Gasteiger partial charge is 0.328 e. The molecule has 1 aromatic heterocycles. The molecule has 1 saturated heterocycles. The van der Waals surface area contributed by atoms with E-state index < -0.39 is 12.0 Å². The van der Waals surface area contributed by atoms with E-state index in [0.29, 0.717) is 16.5 Å². The number of hydrogen-bond donors (Lipinski definition) is 2. The zero-order valence-electron chi connectivity index (χ0n) is 24.4. The van der Waals surface area contributed by atoms with Crippen LogP contribution in [0, 0.1) is 17.8 Å². The summed E-state index contributed by atoms with van der Waals surface area (Å²) in [6.45, 7) is 8.01. The molecule has 1 saturated carbocycles. The van der Waals surface area contributed by atoms with Crippen molar-refractivity contribution in [1.29, 1.82) is 0 Å². The topological polar surface area (TPSA) is 80.2 Å². The minimum atomic E-state index is -0.770. The molecular weight excluding hydrogens is 546 g/mol. The Morgan fingerprint density at radius 1 is 1.02 bits per heavy atom. The van der Waals surface area contributed by atoms with Gasteiger partial charge in [0.15, 0.2) is 0 Å².